The Bertz CT molecular complexity index is 1010. The Labute approximate surface area is 145 Å². The molecule has 4 heteroatoms. The van der Waals surface area contributed by atoms with Crippen molar-refractivity contribution in [1.29, 1.82) is 0 Å². The number of pyridine rings is 1. The number of hydrogen-bond donors (Lipinski definition) is 1. The number of benzene rings is 2. The molecule has 116 valence electrons. The Morgan fingerprint density at radius 1 is 0.833 bits per heavy atom. The number of fused-ring (bicyclic) bond motifs is 1. The maximum Gasteiger partial charge on any atom is 0.186 e. The van der Waals surface area contributed by atoms with Gasteiger partial charge in [0.15, 0.2) is 10.8 Å². The standard InChI is InChI=1S/C20H15N3S/c1-13-7-9-15(10-8-13)18-17(14-5-3-2-4-6-14)11-16-12-21-20(24)23-19(16)22-18/h2-12H,1H3,(H,21,22,23,24). The zero-order chi connectivity index (χ0) is 16.5. The largest absolute Gasteiger partial charge is 0.231 e. The minimum Gasteiger partial charge on any atom is -0.231 e. The van der Waals surface area contributed by atoms with E-state index in [0.717, 1.165) is 27.8 Å². The molecule has 2 heterocycles. The Kier molecular flexibility index (Phi) is 3.75. The summed E-state index contributed by atoms with van der Waals surface area (Å²) in [5.74, 6) is 0. The van der Waals surface area contributed by atoms with Crippen LogP contribution in [0.5, 0.6) is 0 Å². The molecule has 0 radical (unpaired) electrons. The number of aryl methyl sites for hydroxylation is 1. The summed E-state index contributed by atoms with van der Waals surface area (Å²) in [4.78, 5) is 13.3. The van der Waals surface area contributed by atoms with Gasteiger partial charge < -0.3 is 0 Å². The fourth-order valence-electron chi connectivity index (χ4n) is 2.72. The van der Waals surface area contributed by atoms with Crippen LogP contribution >= 0.6 is 12.6 Å². The van der Waals surface area contributed by atoms with Crippen LogP contribution in [0.25, 0.3) is 33.4 Å². The first kappa shape index (κ1) is 14.8. The molecular formula is C20H15N3S. The molecule has 0 bridgehead atoms. The van der Waals surface area contributed by atoms with Crippen LogP contribution in [0.4, 0.5) is 0 Å². The van der Waals surface area contributed by atoms with Crippen LogP contribution in [0.1, 0.15) is 5.56 Å². The summed E-state index contributed by atoms with van der Waals surface area (Å²) in [6.45, 7) is 2.08. The van der Waals surface area contributed by atoms with Crippen molar-refractivity contribution in [3.8, 4) is 22.4 Å². The molecule has 2 aromatic heterocycles. The van der Waals surface area contributed by atoms with E-state index in [9.17, 15) is 0 Å². The van der Waals surface area contributed by atoms with E-state index < -0.39 is 0 Å². The Morgan fingerprint density at radius 2 is 1.58 bits per heavy atom. The molecule has 0 fully saturated rings. The van der Waals surface area contributed by atoms with Gasteiger partial charge in [0, 0.05) is 22.7 Å². The Hall–Kier alpha value is -2.72. The van der Waals surface area contributed by atoms with Gasteiger partial charge in [-0.15, -0.1) is 12.6 Å². The van der Waals surface area contributed by atoms with E-state index in [1.54, 1.807) is 6.20 Å². The summed E-state index contributed by atoms with van der Waals surface area (Å²) in [7, 11) is 0. The molecule has 0 saturated carbocycles. The van der Waals surface area contributed by atoms with Gasteiger partial charge in [-0.1, -0.05) is 60.2 Å². The zero-order valence-corrected chi connectivity index (χ0v) is 14.0. The third kappa shape index (κ3) is 2.76. The van der Waals surface area contributed by atoms with Gasteiger partial charge in [0.25, 0.3) is 0 Å². The second kappa shape index (κ2) is 6.06. The predicted octanol–water partition coefficient (Wildman–Crippen LogP) is 4.96. The van der Waals surface area contributed by atoms with Crippen LogP contribution in [0.3, 0.4) is 0 Å². The molecule has 4 rings (SSSR count). The number of nitrogens with zero attached hydrogens (tertiary/aromatic N) is 3. The van der Waals surface area contributed by atoms with Crippen LogP contribution in [-0.2, 0) is 0 Å². The van der Waals surface area contributed by atoms with Gasteiger partial charge >= 0.3 is 0 Å². The lowest BCUT2D eigenvalue weighted by molar-refractivity contribution is 0.997. The molecule has 4 aromatic rings. The molecule has 0 aliphatic heterocycles. The summed E-state index contributed by atoms with van der Waals surface area (Å²) >= 11 is 4.23. The van der Waals surface area contributed by atoms with Gasteiger partial charge in [0.05, 0.1) is 5.69 Å². The molecular weight excluding hydrogens is 314 g/mol. The second-order valence-electron chi connectivity index (χ2n) is 5.70. The van der Waals surface area contributed by atoms with E-state index in [0.29, 0.717) is 10.8 Å². The molecule has 0 saturated heterocycles. The van der Waals surface area contributed by atoms with Crippen molar-refractivity contribution in [3.05, 3.63) is 72.4 Å². The quantitative estimate of drug-likeness (QED) is 0.417. The van der Waals surface area contributed by atoms with Crippen LogP contribution in [0, 0.1) is 6.92 Å². The van der Waals surface area contributed by atoms with E-state index in [1.807, 2.05) is 18.2 Å². The first-order valence-electron chi connectivity index (χ1n) is 7.70. The first-order valence-corrected chi connectivity index (χ1v) is 8.15. The normalized spacial score (nSPS) is 10.9. The van der Waals surface area contributed by atoms with Gasteiger partial charge in [0.1, 0.15) is 0 Å². The van der Waals surface area contributed by atoms with Gasteiger partial charge in [-0.25, -0.2) is 15.0 Å². The molecule has 0 amide bonds. The van der Waals surface area contributed by atoms with Crippen molar-refractivity contribution in [2.75, 3.05) is 0 Å². The SMILES string of the molecule is Cc1ccc(-c2nc3nc(S)ncc3cc2-c2ccccc2)cc1. The van der Waals surface area contributed by atoms with Crippen molar-refractivity contribution in [2.45, 2.75) is 12.1 Å². The highest BCUT2D eigenvalue weighted by molar-refractivity contribution is 7.80. The number of hydrogen-bond acceptors (Lipinski definition) is 4. The molecule has 2 aromatic carbocycles. The summed E-state index contributed by atoms with van der Waals surface area (Å²) in [5, 5.41) is 1.33. The fraction of sp³-hybridized carbons (Fsp3) is 0.0500. The summed E-state index contributed by atoms with van der Waals surface area (Å²) in [5.41, 5.74) is 6.06. The first-order chi connectivity index (χ1) is 11.7. The van der Waals surface area contributed by atoms with Gasteiger partial charge in [-0.3, -0.25) is 0 Å². The van der Waals surface area contributed by atoms with Crippen LogP contribution in [0.2, 0.25) is 0 Å². The predicted molar refractivity (Wildman–Crippen MR) is 100 cm³/mol. The van der Waals surface area contributed by atoms with E-state index in [2.05, 4.69) is 72.0 Å². The lowest BCUT2D eigenvalue weighted by Crippen LogP contribution is -1.95. The van der Waals surface area contributed by atoms with Crippen LogP contribution in [-0.4, -0.2) is 15.0 Å². The topological polar surface area (TPSA) is 38.7 Å². The molecule has 0 aliphatic rings. The van der Waals surface area contributed by atoms with Crippen molar-refractivity contribution >= 4 is 23.7 Å². The molecule has 0 N–H and O–H groups in total. The van der Waals surface area contributed by atoms with Gasteiger partial charge in [0.2, 0.25) is 0 Å². The minimum atomic E-state index is 0.428. The Morgan fingerprint density at radius 3 is 2.33 bits per heavy atom. The maximum absolute atomic E-state index is 4.81. The zero-order valence-electron chi connectivity index (χ0n) is 13.1. The molecule has 0 unspecified atom stereocenters. The minimum absolute atomic E-state index is 0.428. The molecule has 0 spiro atoms. The average molecular weight is 329 g/mol. The molecule has 3 nitrogen and oxygen atoms in total. The van der Waals surface area contributed by atoms with Crippen LogP contribution in [0.15, 0.2) is 72.0 Å². The lowest BCUT2D eigenvalue weighted by Gasteiger charge is -2.11. The van der Waals surface area contributed by atoms with Gasteiger partial charge in [-0.05, 0) is 18.6 Å². The van der Waals surface area contributed by atoms with E-state index in [1.165, 1.54) is 5.56 Å². The summed E-state index contributed by atoms with van der Waals surface area (Å²) in [6.07, 6.45) is 1.77. The van der Waals surface area contributed by atoms with Crippen molar-refractivity contribution in [1.82, 2.24) is 15.0 Å². The molecule has 0 atom stereocenters. The fourth-order valence-corrected chi connectivity index (χ4v) is 2.88. The highest BCUT2D eigenvalue weighted by Crippen LogP contribution is 2.33. The van der Waals surface area contributed by atoms with E-state index in [4.69, 9.17) is 4.98 Å². The third-order valence-corrected chi connectivity index (χ3v) is 4.18. The summed E-state index contributed by atoms with van der Waals surface area (Å²) < 4.78 is 0. The molecule has 24 heavy (non-hydrogen) atoms. The van der Waals surface area contributed by atoms with Crippen LogP contribution < -0.4 is 0 Å². The molecule has 0 aliphatic carbocycles. The summed E-state index contributed by atoms with van der Waals surface area (Å²) in [6, 6.07) is 20.7. The van der Waals surface area contributed by atoms with Crippen molar-refractivity contribution in [3.63, 3.8) is 0 Å². The van der Waals surface area contributed by atoms with E-state index in [-0.39, 0.29) is 0 Å². The number of thiol groups is 1. The maximum atomic E-state index is 4.81. The third-order valence-electron chi connectivity index (χ3n) is 3.97. The smallest absolute Gasteiger partial charge is 0.186 e. The Balaban J connectivity index is 2.02. The highest BCUT2D eigenvalue weighted by atomic mass is 32.1. The van der Waals surface area contributed by atoms with Crippen molar-refractivity contribution < 1.29 is 0 Å². The van der Waals surface area contributed by atoms with Gasteiger partial charge in [-0.2, -0.15) is 0 Å². The highest BCUT2D eigenvalue weighted by Gasteiger charge is 2.12. The average Bonchev–Trinajstić information content (AvgIpc) is 2.62. The lowest BCUT2D eigenvalue weighted by atomic mass is 9.98. The number of aromatic nitrogens is 3. The monoisotopic (exact) mass is 329 g/mol. The van der Waals surface area contributed by atoms with Crippen molar-refractivity contribution in [2.24, 2.45) is 0 Å². The number of rotatable bonds is 2. The second-order valence-corrected chi connectivity index (χ2v) is 6.10. The van der Waals surface area contributed by atoms with E-state index >= 15 is 0 Å².